The molecule has 0 aromatic rings. The van der Waals surface area contributed by atoms with E-state index in [1.165, 1.54) is 19.3 Å². The molecule has 0 aromatic carbocycles. The van der Waals surface area contributed by atoms with Gasteiger partial charge in [0, 0.05) is 5.54 Å². The van der Waals surface area contributed by atoms with Crippen LogP contribution in [-0.2, 0) is 0 Å². The van der Waals surface area contributed by atoms with Gasteiger partial charge >= 0.3 is 0 Å². The van der Waals surface area contributed by atoms with Gasteiger partial charge in [0.05, 0.1) is 0 Å². The molecular formula is C10H22N2. The van der Waals surface area contributed by atoms with Crippen molar-refractivity contribution in [3.05, 3.63) is 0 Å². The summed E-state index contributed by atoms with van der Waals surface area (Å²) in [6.07, 6.45) is 3.71. The molecule has 0 heterocycles. The molecule has 0 spiro atoms. The maximum absolute atomic E-state index is 5.57. The highest BCUT2D eigenvalue weighted by Crippen LogP contribution is 2.43. The summed E-state index contributed by atoms with van der Waals surface area (Å²) >= 11 is 0. The van der Waals surface area contributed by atoms with Crippen LogP contribution in [0.3, 0.4) is 0 Å². The Balaban J connectivity index is 2.70. The monoisotopic (exact) mass is 170 g/mol. The van der Waals surface area contributed by atoms with Gasteiger partial charge in [-0.2, -0.15) is 0 Å². The summed E-state index contributed by atoms with van der Waals surface area (Å²) in [5.74, 6) is 6.36. The molecule has 0 radical (unpaired) electrons. The van der Waals surface area contributed by atoms with E-state index in [-0.39, 0.29) is 5.54 Å². The molecule has 0 aromatic heterocycles. The van der Waals surface area contributed by atoms with Crippen LogP contribution in [0.1, 0.15) is 47.0 Å². The Morgan fingerprint density at radius 2 is 1.83 bits per heavy atom. The van der Waals surface area contributed by atoms with Crippen LogP contribution in [0.4, 0.5) is 0 Å². The Kier molecular flexibility index (Phi) is 2.50. The van der Waals surface area contributed by atoms with Crippen LogP contribution in [0.15, 0.2) is 0 Å². The predicted octanol–water partition coefficient (Wildman–Crippen LogP) is 2.05. The van der Waals surface area contributed by atoms with Gasteiger partial charge in [-0.15, -0.1) is 0 Å². The fourth-order valence-electron chi connectivity index (χ4n) is 3.10. The van der Waals surface area contributed by atoms with Crippen molar-refractivity contribution in [2.75, 3.05) is 0 Å². The van der Waals surface area contributed by atoms with Gasteiger partial charge in [-0.3, -0.25) is 11.3 Å². The summed E-state index contributed by atoms with van der Waals surface area (Å²) < 4.78 is 0. The summed E-state index contributed by atoms with van der Waals surface area (Å²) in [7, 11) is 0. The molecule has 2 unspecified atom stereocenters. The van der Waals surface area contributed by atoms with Crippen molar-refractivity contribution in [2.24, 2.45) is 17.2 Å². The Labute approximate surface area is 75.9 Å². The lowest BCUT2D eigenvalue weighted by Gasteiger charge is -2.45. The summed E-state index contributed by atoms with van der Waals surface area (Å²) in [6, 6.07) is 0. The van der Waals surface area contributed by atoms with E-state index in [2.05, 4.69) is 33.1 Å². The molecule has 1 aliphatic carbocycles. The van der Waals surface area contributed by atoms with Crippen molar-refractivity contribution in [1.82, 2.24) is 5.43 Å². The van der Waals surface area contributed by atoms with E-state index in [1.807, 2.05) is 0 Å². The van der Waals surface area contributed by atoms with Gasteiger partial charge in [-0.05, 0) is 37.5 Å². The number of hydrogen-bond acceptors (Lipinski definition) is 2. The van der Waals surface area contributed by atoms with Crippen LogP contribution in [0, 0.1) is 11.3 Å². The molecule has 0 bridgehead atoms. The maximum Gasteiger partial charge on any atom is 0.0300 e. The molecule has 12 heavy (non-hydrogen) atoms. The molecule has 1 aliphatic rings. The van der Waals surface area contributed by atoms with Crippen LogP contribution >= 0.6 is 0 Å². The van der Waals surface area contributed by atoms with Crippen molar-refractivity contribution in [1.29, 1.82) is 0 Å². The Morgan fingerprint density at radius 3 is 2.25 bits per heavy atom. The highest BCUT2D eigenvalue weighted by atomic mass is 15.3. The van der Waals surface area contributed by atoms with Gasteiger partial charge in [-0.1, -0.05) is 20.8 Å². The van der Waals surface area contributed by atoms with Gasteiger partial charge in [0.1, 0.15) is 0 Å². The molecule has 0 saturated heterocycles. The first-order chi connectivity index (χ1) is 5.37. The lowest BCUT2D eigenvalue weighted by atomic mass is 9.65. The summed E-state index contributed by atoms with van der Waals surface area (Å²) in [5, 5.41) is 0. The summed E-state index contributed by atoms with van der Waals surface area (Å²) in [6.45, 7) is 9.21. The van der Waals surface area contributed by atoms with Gasteiger partial charge in [0.25, 0.3) is 0 Å². The third-order valence-corrected chi connectivity index (χ3v) is 2.92. The van der Waals surface area contributed by atoms with Gasteiger partial charge in [0.15, 0.2) is 0 Å². The Morgan fingerprint density at radius 1 is 1.25 bits per heavy atom. The van der Waals surface area contributed by atoms with Crippen LogP contribution in [0.5, 0.6) is 0 Å². The molecule has 0 amide bonds. The molecule has 3 N–H and O–H groups in total. The predicted molar refractivity (Wildman–Crippen MR) is 52.5 cm³/mol. The van der Waals surface area contributed by atoms with E-state index >= 15 is 0 Å². The van der Waals surface area contributed by atoms with E-state index in [0.717, 1.165) is 5.92 Å². The first-order valence-corrected chi connectivity index (χ1v) is 4.85. The average molecular weight is 170 g/mol. The van der Waals surface area contributed by atoms with Crippen LogP contribution in [0.25, 0.3) is 0 Å². The number of nitrogens with one attached hydrogen (secondary N) is 1. The minimum atomic E-state index is 0.154. The van der Waals surface area contributed by atoms with Gasteiger partial charge in [0.2, 0.25) is 0 Å². The van der Waals surface area contributed by atoms with Crippen molar-refractivity contribution < 1.29 is 0 Å². The number of hydrogen-bond donors (Lipinski definition) is 2. The molecule has 0 aliphatic heterocycles. The van der Waals surface area contributed by atoms with E-state index in [9.17, 15) is 0 Å². The molecule has 1 rings (SSSR count). The molecule has 2 atom stereocenters. The normalized spacial score (nSPS) is 41.2. The van der Waals surface area contributed by atoms with Gasteiger partial charge < -0.3 is 0 Å². The fourth-order valence-corrected chi connectivity index (χ4v) is 3.10. The lowest BCUT2D eigenvalue weighted by molar-refractivity contribution is 0.0935. The highest BCUT2D eigenvalue weighted by Gasteiger charge is 2.38. The highest BCUT2D eigenvalue weighted by molar-refractivity contribution is 4.94. The zero-order valence-corrected chi connectivity index (χ0v) is 8.78. The molecule has 72 valence electrons. The van der Waals surface area contributed by atoms with Gasteiger partial charge in [-0.25, -0.2) is 0 Å². The van der Waals surface area contributed by atoms with Crippen molar-refractivity contribution in [3.63, 3.8) is 0 Å². The van der Waals surface area contributed by atoms with Crippen molar-refractivity contribution >= 4 is 0 Å². The second-order valence-electron chi connectivity index (χ2n) is 5.56. The largest absolute Gasteiger partial charge is 0.271 e. The zero-order valence-electron chi connectivity index (χ0n) is 8.78. The lowest BCUT2D eigenvalue weighted by Crippen LogP contribution is -2.53. The molecule has 1 fully saturated rings. The second kappa shape index (κ2) is 3.00. The summed E-state index contributed by atoms with van der Waals surface area (Å²) in [4.78, 5) is 0. The fraction of sp³-hybridized carbons (Fsp3) is 1.00. The van der Waals surface area contributed by atoms with Crippen LogP contribution in [0.2, 0.25) is 0 Å². The Bertz CT molecular complexity index is 165. The minimum absolute atomic E-state index is 0.154. The third kappa shape index (κ3) is 2.20. The standard InChI is InChI=1S/C10H22N2/c1-8-5-9(2,3)7-10(4,6-8)12-11/h8,12H,5-7,11H2,1-4H3. The van der Waals surface area contributed by atoms with E-state index < -0.39 is 0 Å². The van der Waals surface area contributed by atoms with Crippen LogP contribution < -0.4 is 11.3 Å². The SMILES string of the molecule is CC1CC(C)(C)CC(C)(NN)C1. The average Bonchev–Trinajstić information content (AvgIpc) is 1.82. The second-order valence-corrected chi connectivity index (χ2v) is 5.56. The van der Waals surface area contributed by atoms with Crippen LogP contribution in [-0.4, -0.2) is 5.54 Å². The number of rotatable bonds is 1. The van der Waals surface area contributed by atoms with Crippen molar-refractivity contribution in [2.45, 2.75) is 52.5 Å². The zero-order chi connectivity index (χ0) is 9.41. The minimum Gasteiger partial charge on any atom is -0.271 e. The van der Waals surface area contributed by atoms with E-state index in [0.29, 0.717) is 5.41 Å². The summed E-state index contributed by atoms with van der Waals surface area (Å²) in [5.41, 5.74) is 3.56. The maximum atomic E-state index is 5.57. The molecule has 1 saturated carbocycles. The Hall–Kier alpha value is -0.0800. The quantitative estimate of drug-likeness (QED) is 0.467. The first kappa shape index (κ1) is 10.0. The molecule has 2 heteroatoms. The number of hydrazine groups is 1. The van der Waals surface area contributed by atoms with Crippen molar-refractivity contribution in [3.8, 4) is 0 Å². The smallest absolute Gasteiger partial charge is 0.0300 e. The first-order valence-electron chi connectivity index (χ1n) is 4.85. The molecule has 2 nitrogen and oxygen atoms in total. The topological polar surface area (TPSA) is 38.0 Å². The number of nitrogens with two attached hydrogens (primary N) is 1. The van der Waals surface area contributed by atoms with E-state index in [4.69, 9.17) is 5.84 Å². The third-order valence-electron chi connectivity index (χ3n) is 2.92. The van der Waals surface area contributed by atoms with E-state index in [1.54, 1.807) is 0 Å². The molecular weight excluding hydrogens is 148 g/mol.